The summed E-state index contributed by atoms with van der Waals surface area (Å²) in [7, 11) is 0. The number of rotatable bonds is 9. The standard InChI is InChI=1S/C27H40N6O4/c34-24(20-32-14-16-36-17-15-32)19-30-6-8-31(9-7-30)21-26-28-25(22-37-26)27(35)33-12-10-29(11-13-33)18-23-4-2-1-3-5-23/h1-5,22,24,34H,6-21H2. The molecule has 1 amide bonds. The molecule has 1 atom stereocenters. The zero-order chi connectivity index (χ0) is 25.5. The number of aromatic nitrogens is 1. The van der Waals surface area contributed by atoms with Crippen LogP contribution in [0.2, 0.25) is 0 Å². The van der Waals surface area contributed by atoms with Gasteiger partial charge in [0.2, 0.25) is 5.89 Å². The van der Waals surface area contributed by atoms with Gasteiger partial charge in [-0.05, 0) is 5.56 Å². The minimum Gasteiger partial charge on any atom is -0.447 e. The third-order valence-corrected chi connectivity index (χ3v) is 7.54. The average Bonchev–Trinajstić information content (AvgIpc) is 3.39. The first-order valence-corrected chi connectivity index (χ1v) is 13.6. The van der Waals surface area contributed by atoms with Crippen molar-refractivity contribution in [2.75, 3.05) is 91.8 Å². The maximum Gasteiger partial charge on any atom is 0.275 e. The average molecular weight is 513 g/mol. The third-order valence-electron chi connectivity index (χ3n) is 7.54. The highest BCUT2D eigenvalue weighted by Crippen LogP contribution is 2.14. The van der Waals surface area contributed by atoms with E-state index in [4.69, 9.17) is 9.15 Å². The highest BCUT2D eigenvalue weighted by molar-refractivity contribution is 5.92. The molecule has 1 N–H and O–H groups in total. The smallest absolute Gasteiger partial charge is 0.275 e. The van der Waals surface area contributed by atoms with Crippen molar-refractivity contribution in [2.45, 2.75) is 19.2 Å². The molecule has 3 aliphatic rings. The molecule has 1 unspecified atom stereocenters. The summed E-state index contributed by atoms with van der Waals surface area (Å²) in [5.41, 5.74) is 1.70. The Bertz CT molecular complexity index is 966. The minimum absolute atomic E-state index is 0.0477. The Balaban J connectivity index is 1.01. The second-order valence-corrected chi connectivity index (χ2v) is 10.3. The number of piperazine rings is 2. The van der Waals surface area contributed by atoms with Gasteiger partial charge in [0.05, 0.1) is 25.9 Å². The normalized spacial score (nSPS) is 21.8. The summed E-state index contributed by atoms with van der Waals surface area (Å²) in [6.07, 6.45) is 1.16. The second kappa shape index (κ2) is 12.9. The molecule has 0 radical (unpaired) electrons. The summed E-state index contributed by atoms with van der Waals surface area (Å²) in [6, 6.07) is 10.5. The van der Waals surface area contributed by atoms with E-state index in [1.54, 1.807) is 0 Å². The fourth-order valence-electron chi connectivity index (χ4n) is 5.35. The van der Waals surface area contributed by atoms with Gasteiger partial charge in [-0.25, -0.2) is 4.98 Å². The van der Waals surface area contributed by atoms with Crippen LogP contribution in [0.25, 0.3) is 0 Å². The molecule has 1 aromatic heterocycles. The number of carbonyl (C=O) groups excluding carboxylic acids is 1. The summed E-state index contributed by atoms with van der Waals surface area (Å²) in [5, 5.41) is 10.5. The number of benzene rings is 1. The molecule has 202 valence electrons. The van der Waals surface area contributed by atoms with Crippen LogP contribution in [0.3, 0.4) is 0 Å². The van der Waals surface area contributed by atoms with Crippen LogP contribution in [-0.2, 0) is 17.8 Å². The topological polar surface area (TPSA) is 88.8 Å². The van der Waals surface area contributed by atoms with Crippen LogP contribution in [0, 0.1) is 0 Å². The molecule has 0 saturated carbocycles. The number of amides is 1. The highest BCUT2D eigenvalue weighted by atomic mass is 16.5. The van der Waals surface area contributed by atoms with Crippen molar-refractivity contribution in [1.29, 1.82) is 0 Å². The predicted octanol–water partition coefficient (Wildman–Crippen LogP) is 0.443. The molecule has 0 spiro atoms. The molecule has 4 heterocycles. The van der Waals surface area contributed by atoms with Gasteiger partial charge in [0, 0.05) is 85.1 Å². The summed E-state index contributed by atoms with van der Waals surface area (Å²) in [5.74, 6) is 0.542. The van der Waals surface area contributed by atoms with E-state index >= 15 is 0 Å². The van der Waals surface area contributed by atoms with Gasteiger partial charge in [-0.1, -0.05) is 30.3 Å². The van der Waals surface area contributed by atoms with Gasteiger partial charge in [-0.15, -0.1) is 0 Å². The fraction of sp³-hybridized carbons (Fsp3) is 0.630. The second-order valence-electron chi connectivity index (χ2n) is 10.3. The van der Waals surface area contributed by atoms with E-state index < -0.39 is 0 Å². The predicted molar refractivity (Wildman–Crippen MR) is 139 cm³/mol. The Labute approximate surface area is 219 Å². The number of carbonyl (C=O) groups is 1. The molecule has 5 rings (SSSR count). The lowest BCUT2D eigenvalue weighted by Crippen LogP contribution is -2.50. The number of oxazole rings is 1. The molecule has 1 aromatic carbocycles. The summed E-state index contributed by atoms with van der Waals surface area (Å²) < 4.78 is 11.1. The first kappa shape index (κ1) is 26.3. The van der Waals surface area contributed by atoms with Crippen molar-refractivity contribution >= 4 is 5.91 Å². The maximum absolute atomic E-state index is 13.0. The van der Waals surface area contributed by atoms with Crippen LogP contribution in [0.4, 0.5) is 0 Å². The fourth-order valence-corrected chi connectivity index (χ4v) is 5.35. The van der Waals surface area contributed by atoms with Crippen LogP contribution in [0.5, 0.6) is 0 Å². The van der Waals surface area contributed by atoms with Gasteiger partial charge in [0.25, 0.3) is 5.91 Å². The van der Waals surface area contributed by atoms with Crippen LogP contribution >= 0.6 is 0 Å². The molecule has 0 bridgehead atoms. The van der Waals surface area contributed by atoms with Gasteiger partial charge in [-0.3, -0.25) is 24.4 Å². The van der Waals surface area contributed by atoms with Gasteiger partial charge >= 0.3 is 0 Å². The molecule has 3 fully saturated rings. The Hall–Kier alpha value is -2.34. The monoisotopic (exact) mass is 512 g/mol. The van der Waals surface area contributed by atoms with E-state index in [1.807, 2.05) is 11.0 Å². The molecular weight excluding hydrogens is 472 g/mol. The van der Waals surface area contributed by atoms with Crippen LogP contribution < -0.4 is 0 Å². The maximum atomic E-state index is 13.0. The molecule has 3 aliphatic heterocycles. The number of nitrogens with zero attached hydrogens (tertiary/aromatic N) is 6. The summed E-state index contributed by atoms with van der Waals surface area (Å²) >= 11 is 0. The van der Waals surface area contributed by atoms with Crippen molar-refractivity contribution in [3.8, 4) is 0 Å². The SMILES string of the molecule is O=C(c1coc(CN2CCN(CC(O)CN3CCOCC3)CC2)n1)N1CCN(Cc2ccccc2)CC1. The van der Waals surface area contributed by atoms with Gasteiger partial charge in [-0.2, -0.15) is 0 Å². The number of ether oxygens (including phenoxy) is 1. The lowest BCUT2D eigenvalue weighted by molar-refractivity contribution is 0.00187. The quantitative estimate of drug-likeness (QED) is 0.514. The largest absolute Gasteiger partial charge is 0.447 e. The van der Waals surface area contributed by atoms with E-state index in [2.05, 4.69) is 48.8 Å². The molecule has 2 aromatic rings. The highest BCUT2D eigenvalue weighted by Gasteiger charge is 2.26. The number of morpholine rings is 1. The third kappa shape index (κ3) is 7.59. The van der Waals surface area contributed by atoms with Crippen molar-refractivity contribution in [3.63, 3.8) is 0 Å². The van der Waals surface area contributed by atoms with E-state index in [-0.39, 0.29) is 12.0 Å². The lowest BCUT2D eigenvalue weighted by atomic mass is 10.2. The van der Waals surface area contributed by atoms with E-state index in [0.29, 0.717) is 44.3 Å². The molecule has 37 heavy (non-hydrogen) atoms. The Morgan fingerprint density at radius 1 is 0.811 bits per heavy atom. The van der Waals surface area contributed by atoms with Crippen molar-refractivity contribution in [1.82, 2.24) is 29.5 Å². The Kier molecular flexibility index (Phi) is 9.19. The minimum atomic E-state index is -0.342. The van der Waals surface area contributed by atoms with Gasteiger partial charge < -0.3 is 19.2 Å². The zero-order valence-corrected chi connectivity index (χ0v) is 21.7. The Morgan fingerprint density at radius 3 is 2.11 bits per heavy atom. The number of aliphatic hydroxyl groups excluding tert-OH is 1. The summed E-state index contributed by atoms with van der Waals surface area (Å²) in [6.45, 7) is 12.9. The number of aliphatic hydroxyl groups is 1. The van der Waals surface area contributed by atoms with Crippen molar-refractivity contribution < 1.29 is 19.1 Å². The molecule has 10 heteroatoms. The van der Waals surface area contributed by atoms with Crippen LogP contribution in [-0.4, -0.2) is 138 Å². The number of β-amino-alcohol motifs (C(OH)–C–C–N with tert-alkyl or cyclic N) is 1. The van der Waals surface area contributed by atoms with Crippen molar-refractivity contribution in [2.24, 2.45) is 0 Å². The van der Waals surface area contributed by atoms with Crippen LogP contribution in [0.15, 0.2) is 41.0 Å². The molecule has 10 nitrogen and oxygen atoms in total. The zero-order valence-electron chi connectivity index (χ0n) is 21.7. The van der Waals surface area contributed by atoms with E-state index in [9.17, 15) is 9.90 Å². The number of hydrogen-bond acceptors (Lipinski definition) is 9. The van der Waals surface area contributed by atoms with Gasteiger partial charge in [0.1, 0.15) is 6.26 Å². The first-order valence-electron chi connectivity index (χ1n) is 13.6. The van der Waals surface area contributed by atoms with Gasteiger partial charge in [0.15, 0.2) is 5.69 Å². The Morgan fingerprint density at radius 2 is 1.41 bits per heavy atom. The lowest BCUT2D eigenvalue weighted by Gasteiger charge is -2.36. The van der Waals surface area contributed by atoms with Crippen LogP contribution in [0.1, 0.15) is 21.9 Å². The summed E-state index contributed by atoms with van der Waals surface area (Å²) in [4.78, 5) is 28.7. The van der Waals surface area contributed by atoms with E-state index in [0.717, 1.165) is 72.1 Å². The molecule has 0 aliphatic carbocycles. The molecular formula is C27H40N6O4. The first-order chi connectivity index (χ1) is 18.1. The number of hydrogen-bond donors (Lipinski definition) is 1. The molecule has 3 saturated heterocycles. The van der Waals surface area contributed by atoms with Crippen molar-refractivity contribution in [3.05, 3.63) is 53.7 Å². The van der Waals surface area contributed by atoms with E-state index in [1.165, 1.54) is 11.8 Å².